The Morgan fingerprint density at radius 3 is 2.48 bits per heavy atom. The molecular formula is C36H40N2O6. The van der Waals surface area contributed by atoms with E-state index in [0.29, 0.717) is 31.1 Å². The number of fused-ring (bicyclic) bond motifs is 3. The first kappa shape index (κ1) is 30.1. The van der Waals surface area contributed by atoms with E-state index in [9.17, 15) is 14.7 Å². The number of hydrogen-bond acceptors (Lipinski definition) is 7. The highest BCUT2D eigenvalue weighted by atomic mass is 16.5. The number of nitrogens with one attached hydrogen (secondary N) is 1. The molecule has 0 bridgehead atoms. The van der Waals surface area contributed by atoms with Gasteiger partial charge in [-0.15, -0.1) is 0 Å². The summed E-state index contributed by atoms with van der Waals surface area (Å²) in [5.41, 5.74) is 5.93. The SMILES string of the molecule is CCC/C(=C\c1ccc(CO)o1)CC[C@H]1OC[C@H]2C1=C(COC)C[C@H]1C(=O)N(c3ccc(Nc4ccccc4)cc3)C(=O)[C@H]12. The summed E-state index contributed by atoms with van der Waals surface area (Å²) in [6.07, 6.45) is 5.97. The molecule has 8 heteroatoms. The molecule has 0 saturated carbocycles. The lowest BCUT2D eigenvalue weighted by molar-refractivity contribution is -0.122. The monoisotopic (exact) mass is 596 g/mol. The quantitative estimate of drug-likeness (QED) is 0.178. The van der Waals surface area contributed by atoms with E-state index in [1.807, 2.05) is 60.7 Å². The third-order valence-corrected chi connectivity index (χ3v) is 9.00. The van der Waals surface area contributed by atoms with Crippen LogP contribution in [-0.2, 0) is 25.7 Å². The van der Waals surface area contributed by atoms with Crippen molar-refractivity contribution in [2.75, 3.05) is 30.5 Å². The average Bonchev–Trinajstić information content (AvgIpc) is 3.74. The molecule has 2 fully saturated rings. The maximum absolute atomic E-state index is 14.0. The van der Waals surface area contributed by atoms with Crippen LogP contribution in [0.25, 0.3) is 6.08 Å². The number of methoxy groups -OCH3 is 1. The van der Waals surface area contributed by atoms with Gasteiger partial charge in [-0.3, -0.25) is 14.5 Å². The van der Waals surface area contributed by atoms with Gasteiger partial charge in [-0.2, -0.15) is 0 Å². The Bertz CT molecular complexity index is 1540. The van der Waals surface area contributed by atoms with Gasteiger partial charge >= 0.3 is 0 Å². The van der Waals surface area contributed by atoms with E-state index in [1.165, 1.54) is 10.5 Å². The fraction of sp³-hybridized carbons (Fsp3) is 0.389. The number of carbonyl (C=O) groups is 2. The van der Waals surface area contributed by atoms with Crippen LogP contribution in [0.15, 0.2) is 87.9 Å². The lowest BCUT2D eigenvalue weighted by Crippen LogP contribution is -2.35. The number of furan rings is 1. The van der Waals surface area contributed by atoms with Gasteiger partial charge in [0.05, 0.1) is 36.8 Å². The van der Waals surface area contributed by atoms with Gasteiger partial charge in [-0.1, -0.05) is 37.1 Å². The molecular weight excluding hydrogens is 556 g/mol. The van der Waals surface area contributed by atoms with E-state index in [1.54, 1.807) is 13.2 Å². The summed E-state index contributed by atoms with van der Waals surface area (Å²) >= 11 is 0. The number of hydrogen-bond donors (Lipinski definition) is 2. The van der Waals surface area contributed by atoms with E-state index < -0.39 is 11.8 Å². The maximum atomic E-state index is 14.0. The lowest BCUT2D eigenvalue weighted by atomic mass is 9.69. The van der Waals surface area contributed by atoms with Crippen LogP contribution in [-0.4, -0.2) is 43.3 Å². The molecule has 4 atom stereocenters. The number of carbonyl (C=O) groups excluding carboxylic acids is 2. The van der Waals surface area contributed by atoms with E-state index in [0.717, 1.165) is 54.0 Å². The van der Waals surface area contributed by atoms with Gasteiger partial charge in [-0.05, 0) is 91.4 Å². The zero-order chi connectivity index (χ0) is 30.6. The summed E-state index contributed by atoms with van der Waals surface area (Å²) in [5.74, 6) is 0.00769. The molecule has 0 unspecified atom stereocenters. The summed E-state index contributed by atoms with van der Waals surface area (Å²) in [7, 11) is 1.67. The number of ether oxygens (including phenoxy) is 2. The van der Waals surface area contributed by atoms with E-state index in [4.69, 9.17) is 13.9 Å². The summed E-state index contributed by atoms with van der Waals surface area (Å²) in [6, 6.07) is 21.0. The molecule has 44 heavy (non-hydrogen) atoms. The highest BCUT2D eigenvalue weighted by molar-refractivity contribution is 6.22. The number of aliphatic hydroxyl groups excluding tert-OH is 1. The van der Waals surface area contributed by atoms with Crippen molar-refractivity contribution < 1.29 is 28.6 Å². The molecule has 2 N–H and O–H groups in total. The smallest absolute Gasteiger partial charge is 0.238 e. The van der Waals surface area contributed by atoms with Crippen molar-refractivity contribution in [2.45, 2.75) is 51.7 Å². The van der Waals surface area contributed by atoms with Crippen molar-refractivity contribution in [1.82, 2.24) is 0 Å². The minimum atomic E-state index is -0.434. The number of anilines is 3. The molecule has 1 aliphatic carbocycles. The van der Waals surface area contributed by atoms with Gasteiger partial charge in [0.2, 0.25) is 11.8 Å². The third-order valence-electron chi connectivity index (χ3n) is 9.00. The Morgan fingerprint density at radius 1 is 1.00 bits per heavy atom. The van der Waals surface area contributed by atoms with Crippen molar-refractivity contribution in [3.8, 4) is 0 Å². The second-order valence-electron chi connectivity index (χ2n) is 11.9. The van der Waals surface area contributed by atoms with Crippen molar-refractivity contribution in [3.05, 3.63) is 95.0 Å². The molecule has 2 amide bonds. The third kappa shape index (κ3) is 6.02. The van der Waals surface area contributed by atoms with Crippen molar-refractivity contribution in [3.63, 3.8) is 0 Å². The molecule has 3 aromatic rings. The molecule has 6 rings (SSSR count). The van der Waals surface area contributed by atoms with Crippen LogP contribution in [0.4, 0.5) is 17.1 Å². The van der Waals surface area contributed by atoms with Gasteiger partial charge in [0.15, 0.2) is 0 Å². The molecule has 0 radical (unpaired) electrons. The second kappa shape index (κ2) is 13.3. The van der Waals surface area contributed by atoms with Crippen molar-refractivity contribution in [2.24, 2.45) is 17.8 Å². The molecule has 1 aromatic heterocycles. The number of allylic oxidation sites excluding steroid dienone is 1. The summed E-state index contributed by atoms with van der Waals surface area (Å²) in [4.78, 5) is 29.1. The number of para-hydroxylation sites is 1. The van der Waals surface area contributed by atoms with Gasteiger partial charge < -0.3 is 24.3 Å². The predicted octanol–water partition coefficient (Wildman–Crippen LogP) is 6.65. The zero-order valence-corrected chi connectivity index (χ0v) is 25.3. The van der Waals surface area contributed by atoms with Gasteiger partial charge in [0, 0.05) is 24.4 Å². The lowest BCUT2D eigenvalue weighted by Gasteiger charge is -2.31. The Kier molecular flexibility index (Phi) is 9.12. The number of imide groups is 1. The Labute approximate surface area is 258 Å². The minimum Gasteiger partial charge on any atom is -0.459 e. The number of amides is 2. The molecule has 2 saturated heterocycles. The Balaban J connectivity index is 1.19. The van der Waals surface area contributed by atoms with Crippen LogP contribution >= 0.6 is 0 Å². The minimum absolute atomic E-state index is 0.123. The number of benzene rings is 2. The van der Waals surface area contributed by atoms with Gasteiger partial charge in [0.25, 0.3) is 0 Å². The van der Waals surface area contributed by atoms with Crippen LogP contribution in [0, 0.1) is 17.8 Å². The highest BCUT2D eigenvalue weighted by Crippen LogP contribution is 2.50. The fourth-order valence-electron chi connectivity index (χ4n) is 7.08. The molecule has 230 valence electrons. The van der Waals surface area contributed by atoms with Gasteiger partial charge in [-0.25, -0.2) is 0 Å². The van der Waals surface area contributed by atoms with Crippen LogP contribution in [0.1, 0.15) is 50.5 Å². The van der Waals surface area contributed by atoms with Crippen LogP contribution in [0.2, 0.25) is 0 Å². The first-order valence-electron chi connectivity index (χ1n) is 15.5. The molecule has 8 nitrogen and oxygen atoms in total. The van der Waals surface area contributed by atoms with E-state index in [-0.39, 0.29) is 30.4 Å². The summed E-state index contributed by atoms with van der Waals surface area (Å²) < 4.78 is 17.7. The molecule has 3 aliphatic rings. The average molecular weight is 597 g/mol. The van der Waals surface area contributed by atoms with Crippen LogP contribution in [0.5, 0.6) is 0 Å². The zero-order valence-electron chi connectivity index (χ0n) is 25.3. The fourth-order valence-corrected chi connectivity index (χ4v) is 7.08. The van der Waals surface area contributed by atoms with Crippen LogP contribution < -0.4 is 10.2 Å². The Morgan fingerprint density at radius 2 is 1.77 bits per heavy atom. The second-order valence-corrected chi connectivity index (χ2v) is 11.9. The first-order chi connectivity index (χ1) is 21.5. The first-order valence-corrected chi connectivity index (χ1v) is 15.5. The normalized spacial score (nSPS) is 23.3. The molecule has 0 spiro atoms. The molecule has 3 heterocycles. The van der Waals surface area contributed by atoms with E-state index >= 15 is 0 Å². The van der Waals surface area contributed by atoms with E-state index in [2.05, 4.69) is 18.3 Å². The summed E-state index contributed by atoms with van der Waals surface area (Å²) in [6.45, 7) is 2.87. The number of rotatable bonds is 12. The van der Waals surface area contributed by atoms with Gasteiger partial charge in [0.1, 0.15) is 18.1 Å². The number of nitrogens with zero attached hydrogens (tertiary/aromatic N) is 1. The van der Waals surface area contributed by atoms with Crippen molar-refractivity contribution in [1.29, 1.82) is 0 Å². The maximum Gasteiger partial charge on any atom is 0.238 e. The molecule has 2 aromatic carbocycles. The highest BCUT2D eigenvalue weighted by Gasteiger charge is 2.57. The molecule has 2 aliphatic heterocycles. The van der Waals surface area contributed by atoms with Crippen molar-refractivity contribution >= 4 is 35.0 Å². The predicted molar refractivity (Wildman–Crippen MR) is 169 cm³/mol. The van der Waals surface area contributed by atoms with Crippen LogP contribution in [0.3, 0.4) is 0 Å². The topological polar surface area (TPSA) is 101 Å². The Hall–Kier alpha value is -3.98. The standard InChI is InChI=1S/C36H40N2O6/c1-3-7-23(18-28-15-16-29(20-39)44-28)10-17-32-33-24(21-42-2)19-30-34(31(33)22-43-32)36(41)38(35(30)40)27-13-11-26(12-14-27)37-25-8-5-4-6-9-25/h4-6,8-9,11-16,18,30-32,34,37,39H,3,7,10,17,19-22H2,1-2H3/b23-18+/t30-,31+,32-,34-/m1/s1. The number of aliphatic hydroxyl groups is 1. The largest absolute Gasteiger partial charge is 0.459 e. The summed E-state index contributed by atoms with van der Waals surface area (Å²) in [5, 5.41) is 12.7.